The molecular formula is C20H12Cl4N2O. The van der Waals surface area contributed by atoms with Crippen molar-refractivity contribution in [2.24, 2.45) is 0 Å². The molecule has 0 aliphatic carbocycles. The smallest absolute Gasteiger partial charge is 0.120 e. The van der Waals surface area contributed by atoms with E-state index in [2.05, 4.69) is 13.2 Å². The first-order valence-electron chi connectivity index (χ1n) is 7.51. The Kier molecular flexibility index (Phi) is 7.33. The Hall–Kier alpha value is -1.98. The van der Waals surface area contributed by atoms with Crippen molar-refractivity contribution in [2.75, 3.05) is 0 Å². The number of halogens is 4. The second kappa shape index (κ2) is 9.29. The van der Waals surface area contributed by atoms with Gasteiger partial charge in [0.25, 0.3) is 0 Å². The highest BCUT2D eigenvalue weighted by Crippen LogP contribution is 2.40. The predicted octanol–water partition coefficient (Wildman–Crippen LogP) is 7.26. The molecule has 2 rings (SSSR count). The lowest BCUT2D eigenvalue weighted by molar-refractivity contribution is 0.0316. The van der Waals surface area contributed by atoms with Crippen molar-refractivity contribution >= 4 is 46.4 Å². The summed E-state index contributed by atoms with van der Waals surface area (Å²) in [6.45, 7) is 7.47. The van der Waals surface area contributed by atoms with E-state index in [1.807, 2.05) is 12.1 Å². The zero-order chi connectivity index (χ0) is 20.1. The van der Waals surface area contributed by atoms with Gasteiger partial charge in [0.2, 0.25) is 0 Å². The van der Waals surface area contributed by atoms with Gasteiger partial charge in [-0.15, -0.1) is 0 Å². The van der Waals surface area contributed by atoms with Gasteiger partial charge < -0.3 is 4.74 Å². The molecule has 0 aliphatic heterocycles. The van der Waals surface area contributed by atoms with E-state index >= 15 is 0 Å². The maximum atomic E-state index is 9.35. The van der Waals surface area contributed by atoms with Gasteiger partial charge in [0.1, 0.15) is 12.2 Å². The first kappa shape index (κ1) is 21.3. The normalized spacial score (nSPS) is 12.5. The second-order valence-electron chi connectivity index (χ2n) is 5.50. The molecule has 0 heterocycles. The van der Waals surface area contributed by atoms with Gasteiger partial charge in [0.05, 0.1) is 23.3 Å². The molecule has 2 aromatic rings. The first-order chi connectivity index (χ1) is 12.8. The van der Waals surface area contributed by atoms with Crippen molar-refractivity contribution < 1.29 is 4.74 Å². The van der Waals surface area contributed by atoms with Crippen LogP contribution in [0.5, 0.6) is 0 Å². The van der Waals surface area contributed by atoms with Crippen molar-refractivity contribution in [2.45, 2.75) is 12.2 Å². The number of ether oxygens (including phenoxy) is 1. The van der Waals surface area contributed by atoms with E-state index in [-0.39, 0.29) is 11.1 Å². The maximum Gasteiger partial charge on any atom is 0.120 e. The molecular weight excluding hydrogens is 426 g/mol. The van der Waals surface area contributed by atoms with Crippen LogP contribution < -0.4 is 0 Å². The standard InChI is InChI=1S/C20H12Cl4N2O/c1-11(9-25)19(15-5-3-13(21)7-17(15)23)27-20(12(2)10-26)16-6-4-14(22)8-18(16)24/h3-8,19-20H,1-2H2/t19-,20-/m0/s1. The van der Waals surface area contributed by atoms with Crippen molar-refractivity contribution in [1.82, 2.24) is 0 Å². The van der Waals surface area contributed by atoms with Gasteiger partial charge in [-0.1, -0.05) is 71.7 Å². The van der Waals surface area contributed by atoms with E-state index in [4.69, 9.17) is 51.1 Å². The molecule has 136 valence electrons. The Labute approximate surface area is 177 Å². The lowest BCUT2D eigenvalue weighted by Gasteiger charge is -2.26. The fourth-order valence-electron chi connectivity index (χ4n) is 2.37. The molecule has 0 aromatic heterocycles. The highest BCUT2D eigenvalue weighted by Gasteiger charge is 2.27. The third-order valence-electron chi connectivity index (χ3n) is 3.68. The van der Waals surface area contributed by atoms with Crippen LogP contribution in [-0.4, -0.2) is 0 Å². The Morgan fingerprint density at radius 2 is 1.15 bits per heavy atom. The van der Waals surface area contributed by atoms with Crippen LogP contribution in [0.15, 0.2) is 60.7 Å². The minimum Gasteiger partial charge on any atom is -0.355 e. The van der Waals surface area contributed by atoms with Gasteiger partial charge in [-0.05, 0) is 24.3 Å². The molecule has 0 aliphatic rings. The summed E-state index contributed by atoms with van der Waals surface area (Å²) < 4.78 is 6.07. The van der Waals surface area contributed by atoms with Crippen molar-refractivity contribution in [3.05, 3.63) is 91.9 Å². The summed E-state index contributed by atoms with van der Waals surface area (Å²) in [6.07, 6.45) is -1.86. The topological polar surface area (TPSA) is 56.8 Å². The van der Waals surface area contributed by atoms with Crippen LogP contribution in [0, 0.1) is 22.7 Å². The molecule has 0 bridgehead atoms. The molecule has 3 nitrogen and oxygen atoms in total. The summed E-state index contributed by atoms with van der Waals surface area (Å²) in [5.41, 5.74) is 1.15. The Bertz CT molecular complexity index is 909. The lowest BCUT2D eigenvalue weighted by Crippen LogP contribution is -2.14. The molecule has 0 spiro atoms. The zero-order valence-corrected chi connectivity index (χ0v) is 16.9. The average molecular weight is 438 g/mol. The van der Waals surface area contributed by atoms with Crippen LogP contribution in [0.3, 0.4) is 0 Å². The molecule has 27 heavy (non-hydrogen) atoms. The third-order valence-corrected chi connectivity index (χ3v) is 4.81. The minimum atomic E-state index is -0.929. The zero-order valence-electron chi connectivity index (χ0n) is 13.8. The van der Waals surface area contributed by atoms with Crippen LogP contribution in [0.25, 0.3) is 0 Å². The number of nitrogens with zero attached hydrogens (tertiary/aromatic N) is 2. The average Bonchev–Trinajstić information content (AvgIpc) is 2.63. The van der Waals surface area contributed by atoms with E-state index in [0.717, 1.165) is 0 Å². The summed E-state index contributed by atoms with van der Waals surface area (Å²) >= 11 is 24.4. The molecule has 0 saturated carbocycles. The SMILES string of the molecule is C=C(C#N)[C@H](O[C@@H](C(=C)C#N)c1ccc(Cl)cc1Cl)c1ccc(Cl)cc1Cl. The van der Waals surface area contributed by atoms with Gasteiger partial charge in [0, 0.05) is 31.2 Å². The van der Waals surface area contributed by atoms with Crippen LogP contribution in [-0.2, 0) is 4.74 Å². The van der Waals surface area contributed by atoms with Gasteiger partial charge in [-0.25, -0.2) is 0 Å². The molecule has 0 fully saturated rings. The molecule has 0 N–H and O–H groups in total. The van der Waals surface area contributed by atoms with Gasteiger partial charge >= 0.3 is 0 Å². The van der Waals surface area contributed by atoms with E-state index in [9.17, 15) is 10.5 Å². The fourth-order valence-corrected chi connectivity index (χ4v) is 3.38. The molecule has 7 heteroatoms. The number of hydrogen-bond acceptors (Lipinski definition) is 3. The fraction of sp³-hybridized carbons (Fsp3) is 0.100. The molecule has 0 saturated heterocycles. The van der Waals surface area contributed by atoms with Crippen LogP contribution in [0.4, 0.5) is 0 Å². The molecule has 0 radical (unpaired) electrons. The monoisotopic (exact) mass is 436 g/mol. The number of hydrogen-bond donors (Lipinski definition) is 0. The third kappa shape index (κ3) is 5.05. The lowest BCUT2D eigenvalue weighted by atomic mass is 10.00. The predicted molar refractivity (Wildman–Crippen MR) is 109 cm³/mol. The quantitative estimate of drug-likeness (QED) is 0.446. The Morgan fingerprint density at radius 3 is 1.44 bits per heavy atom. The van der Waals surface area contributed by atoms with E-state index < -0.39 is 12.2 Å². The number of benzene rings is 2. The molecule has 0 unspecified atom stereocenters. The summed E-state index contributed by atoms with van der Waals surface area (Å²) in [4.78, 5) is 0. The number of rotatable bonds is 6. The highest BCUT2D eigenvalue weighted by atomic mass is 35.5. The van der Waals surface area contributed by atoms with Gasteiger partial charge in [0.15, 0.2) is 0 Å². The molecule has 2 aromatic carbocycles. The van der Waals surface area contributed by atoms with Crippen LogP contribution in [0.2, 0.25) is 20.1 Å². The van der Waals surface area contributed by atoms with Gasteiger partial charge in [-0.2, -0.15) is 10.5 Å². The summed E-state index contributed by atoms with van der Waals surface area (Å²) in [5, 5.41) is 20.2. The molecule has 0 amide bonds. The van der Waals surface area contributed by atoms with E-state index in [1.54, 1.807) is 24.3 Å². The van der Waals surface area contributed by atoms with Crippen molar-refractivity contribution in [3.8, 4) is 12.1 Å². The number of nitriles is 2. The summed E-state index contributed by atoms with van der Waals surface area (Å²) in [6, 6.07) is 13.5. The first-order valence-corrected chi connectivity index (χ1v) is 9.02. The highest BCUT2D eigenvalue weighted by molar-refractivity contribution is 6.35. The van der Waals surface area contributed by atoms with Crippen molar-refractivity contribution in [3.63, 3.8) is 0 Å². The Morgan fingerprint density at radius 1 is 0.778 bits per heavy atom. The van der Waals surface area contributed by atoms with Crippen molar-refractivity contribution in [1.29, 1.82) is 10.5 Å². The maximum absolute atomic E-state index is 9.35. The second-order valence-corrected chi connectivity index (χ2v) is 7.19. The summed E-state index contributed by atoms with van der Waals surface area (Å²) in [5.74, 6) is 0. The Balaban J connectivity index is 2.54. The summed E-state index contributed by atoms with van der Waals surface area (Å²) in [7, 11) is 0. The molecule has 2 atom stereocenters. The minimum absolute atomic E-state index is 0.0973. The van der Waals surface area contributed by atoms with E-state index in [0.29, 0.717) is 31.2 Å². The largest absolute Gasteiger partial charge is 0.355 e. The van der Waals surface area contributed by atoms with Gasteiger partial charge in [-0.3, -0.25) is 0 Å². The van der Waals surface area contributed by atoms with E-state index in [1.165, 1.54) is 12.1 Å². The van der Waals surface area contributed by atoms with Crippen LogP contribution >= 0.6 is 46.4 Å². The van der Waals surface area contributed by atoms with Crippen LogP contribution in [0.1, 0.15) is 23.3 Å².